The molecule has 3 aromatic rings. The third kappa shape index (κ3) is 3.71. The second kappa shape index (κ2) is 7.40. The van der Waals surface area contributed by atoms with Crippen LogP contribution in [0.15, 0.2) is 30.5 Å². The van der Waals surface area contributed by atoms with Crippen LogP contribution >= 0.6 is 0 Å². The molecule has 140 valence electrons. The molecule has 0 spiro atoms. The lowest BCUT2D eigenvalue weighted by atomic mass is 10.1. The third-order valence-corrected chi connectivity index (χ3v) is 3.95. The summed E-state index contributed by atoms with van der Waals surface area (Å²) in [4.78, 5) is 15.2. The van der Waals surface area contributed by atoms with Crippen molar-refractivity contribution < 1.29 is 13.9 Å². The summed E-state index contributed by atoms with van der Waals surface area (Å²) in [6, 6.07) is 6.74. The summed E-state index contributed by atoms with van der Waals surface area (Å²) < 4.78 is 21.3. The maximum Gasteiger partial charge on any atom is 0.302 e. The van der Waals surface area contributed by atoms with E-state index in [1.165, 1.54) is 6.92 Å². The van der Waals surface area contributed by atoms with Crippen LogP contribution in [0.4, 0.5) is 10.2 Å². The van der Waals surface area contributed by atoms with Crippen molar-refractivity contribution in [2.75, 3.05) is 18.5 Å². The van der Waals surface area contributed by atoms with E-state index in [-0.39, 0.29) is 36.1 Å². The lowest BCUT2D eigenvalue weighted by molar-refractivity contribution is -0.140. The lowest BCUT2D eigenvalue weighted by Crippen LogP contribution is -2.19. The Labute approximate surface area is 154 Å². The first-order valence-electron chi connectivity index (χ1n) is 8.24. The Bertz CT molecular complexity index is 1030. The molecule has 0 atom stereocenters. The first kappa shape index (κ1) is 18.3. The molecule has 0 saturated carbocycles. The zero-order chi connectivity index (χ0) is 19.6. The number of halogens is 1. The molecule has 3 heterocycles. The average Bonchev–Trinajstić information content (AvgIpc) is 3.04. The second-order valence-electron chi connectivity index (χ2n) is 5.92. The fourth-order valence-corrected chi connectivity index (χ4v) is 2.71. The summed E-state index contributed by atoms with van der Waals surface area (Å²) in [5.74, 6) is -1.10. The summed E-state index contributed by atoms with van der Waals surface area (Å²) >= 11 is 0. The number of nitrogens with two attached hydrogens (primary N) is 1. The molecule has 3 aromatic heterocycles. The van der Waals surface area contributed by atoms with Gasteiger partial charge in [-0.05, 0) is 25.1 Å². The summed E-state index contributed by atoms with van der Waals surface area (Å²) in [5, 5.41) is 14.9. The van der Waals surface area contributed by atoms with Gasteiger partial charge in [0, 0.05) is 18.2 Å². The van der Waals surface area contributed by atoms with Crippen LogP contribution in [0.3, 0.4) is 0 Å². The van der Waals surface area contributed by atoms with E-state index in [1.807, 2.05) is 25.1 Å². The van der Waals surface area contributed by atoms with E-state index in [9.17, 15) is 9.18 Å². The number of amidine groups is 1. The Kier molecular flexibility index (Phi) is 5.02. The molecule has 0 aliphatic heterocycles. The minimum Gasteiger partial charge on any atom is -0.464 e. The van der Waals surface area contributed by atoms with Crippen molar-refractivity contribution in [2.24, 2.45) is 5.73 Å². The number of nitrogen functional groups attached to an aromatic ring is 1. The Hall–Kier alpha value is -3.49. The minimum atomic E-state index is -0.609. The molecule has 0 saturated heterocycles. The van der Waals surface area contributed by atoms with Gasteiger partial charge in [-0.3, -0.25) is 10.2 Å². The van der Waals surface area contributed by atoms with Crippen molar-refractivity contribution in [3.63, 3.8) is 0 Å². The van der Waals surface area contributed by atoms with Crippen molar-refractivity contribution in [3.05, 3.63) is 47.5 Å². The van der Waals surface area contributed by atoms with Crippen molar-refractivity contribution in [1.29, 1.82) is 5.41 Å². The van der Waals surface area contributed by atoms with Gasteiger partial charge in [0.2, 0.25) is 0 Å². The number of rotatable bonds is 6. The Balaban J connectivity index is 2.02. The molecule has 9 heteroatoms. The molecular weight excluding hydrogens is 351 g/mol. The molecule has 0 amide bonds. The molecule has 27 heavy (non-hydrogen) atoms. The minimum absolute atomic E-state index is 0.0931. The topological polar surface area (TPSA) is 118 Å². The van der Waals surface area contributed by atoms with Crippen LogP contribution in [-0.2, 0) is 9.53 Å². The van der Waals surface area contributed by atoms with Crippen LogP contribution in [0, 0.1) is 18.2 Å². The molecule has 0 aliphatic carbocycles. The monoisotopic (exact) mass is 370 g/mol. The predicted octanol–water partition coefficient (Wildman–Crippen LogP) is 2.10. The van der Waals surface area contributed by atoms with Crippen molar-refractivity contribution in [3.8, 4) is 11.3 Å². The van der Waals surface area contributed by atoms with Crippen LogP contribution in [0.2, 0.25) is 0 Å². The number of anilines is 1. The number of hydrogen-bond acceptors (Lipinski definition) is 6. The Morgan fingerprint density at radius 2 is 2.22 bits per heavy atom. The zero-order valence-corrected chi connectivity index (χ0v) is 14.9. The Morgan fingerprint density at radius 3 is 2.93 bits per heavy atom. The molecule has 0 radical (unpaired) electrons. The van der Waals surface area contributed by atoms with Crippen LogP contribution in [0.25, 0.3) is 16.8 Å². The molecule has 4 N–H and O–H groups in total. The van der Waals surface area contributed by atoms with Gasteiger partial charge in [0.1, 0.15) is 24.0 Å². The van der Waals surface area contributed by atoms with Gasteiger partial charge in [-0.2, -0.15) is 5.10 Å². The van der Waals surface area contributed by atoms with E-state index in [0.717, 1.165) is 11.8 Å². The third-order valence-electron chi connectivity index (χ3n) is 3.95. The van der Waals surface area contributed by atoms with E-state index >= 15 is 0 Å². The maximum absolute atomic E-state index is 14.7. The van der Waals surface area contributed by atoms with Crippen molar-refractivity contribution >= 4 is 23.1 Å². The number of aromatic nitrogens is 3. The number of fused-ring (bicyclic) bond motifs is 1. The molecule has 0 bridgehead atoms. The number of carbonyl (C=O) groups excluding carboxylic acids is 1. The summed E-state index contributed by atoms with van der Waals surface area (Å²) in [5.41, 5.74) is 7.91. The average molecular weight is 370 g/mol. The molecule has 0 fully saturated rings. The first-order chi connectivity index (χ1) is 12.9. The highest BCUT2D eigenvalue weighted by Crippen LogP contribution is 2.29. The number of pyridine rings is 2. The predicted molar refractivity (Wildman–Crippen MR) is 99.3 cm³/mol. The first-order valence-corrected chi connectivity index (χ1v) is 8.24. The van der Waals surface area contributed by atoms with Gasteiger partial charge >= 0.3 is 5.97 Å². The largest absolute Gasteiger partial charge is 0.464 e. The number of nitrogens with zero attached hydrogens (tertiary/aromatic N) is 3. The molecule has 3 rings (SSSR count). The number of hydrogen-bond donors (Lipinski definition) is 3. The molecule has 0 aliphatic rings. The van der Waals surface area contributed by atoms with Gasteiger partial charge in [-0.25, -0.2) is 13.9 Å². The number of nitrogens with one attached hydrogen (secondary N) is 2. The quantitative estimate of drug-likeness (QED) is 0.265. The van der Waals surface area contributed by atoms with Gasteiger partial charge in [-0.15, -0.1) is 0 Å². The highest BCUT2D eigenvalue weighted by atomic mass is 19.1. The molecular formula is C18H19FN6O2. The molecule has 0 aromatic carbocycles. The lowest BCUT2D eigenvalue weighted by Gasteiger charge is -2.13. The number of carbonyl (C=O) groups is 1. The highest BCUT2D eigenvalue weighted by molar-refractivity contribution is 6.00. The van der Waals surface area contributed by atoms with E-state index in [2.05, 4.69) is 15.4 Å². The Morgan fingerprint density at radius 1 is 1.44 bits per heavy atom. The number of aryl methyl sites for hydroxylation is 1. The normalized spacial score (nSPS) is 10.8. The summed E-state index contributed by atoms with van der Waals surface area (Å²) in [6.45, 7) is 3.56. The van der Waals surface area contributed by atoms with Gasteiger partial charge in [0.15, 0.2) is 5.82 Å². The van der Waals surface area contributed by atoms with Crippen LogP contribution < -0.4 is 11.1 Å². The number of ether oxygens (including phenoxy) is 1. The second-order valence-corrected chi connectivity index (χ2v) is 5.92. The molecule has 8 nitrogen and oxygen atoms in total. The van der Waals surface area contributed by atoms with Crippen molar-refractivity contribution in [2.45, 2.75) is 13.8 Å². The van der Waals surface area contributed by atoms with Gasteiger partial charge in [0.25, 0.3) is 0 Å². The highest BCUT2D eigenvalue weighted by Gasteiger charge is 2.18. The van der Waals surface area contributed by atoms with E-state index in [1.54, 1.807) is 10.7 Å². The van der Waals surface area contributed by atoms with Crippen LogP contribution in [0.1, 0.15) is 18.2 Å². The van der Waals surface area contributed by atoms with Crippen LogP contribution in [0.5, 0.6) is 0 Å². The van der Waals surface area contributed by atoms with Gasteiger partial charge in [-0.1, -0.05) is 6.07 Å². The van der Waals surface area contributed by atoms with Crippen molar-refractivity contribution in [1.82, 2.24) is 14.6 Å². The van der Waals surface area contributed by atoms with E-state index in [0.29, 0.717) is 11.1 Å². The van der Waals surface area contributed by atoms with E-state index in [4.69, 9.17) is 15.9 Å². The van der Waals surface area contributed by atoms with Gasteiger partial charge < -0.3 is 15.8 Å². The van der Waals surface area contributed by atoms with Crippen LogP contribution in [-0.4, -0.2) is 39.6 Å². The van der Waals surface area contributed by atoms with E-state index < -0.39 is 11.8 Å². The summed E-state index contributed by atoms with van der Waals surface area (Å²) in [7, 11) is 0. The molecule has 0 unspecified atom stereocenters. The SMILES string of the molecule is CC(=O)OCCNc1nc(-c2cnn3c(C)cccc23)c(F)cc1C(=N)N. The smallest absolute Gasteiger partial charge is 0.302 e. The summed E-state index contributed by atoms with van der Waals surface area (Å²) in [6.07, 6.45) is 1.55. The standard InChI is InChI=1S/C18H19FN6O2/c1-10-4-3-5-15-13(9-23-25(10)15)16-14(19)8-12(17(20)21)18(24-16)22-6-7-27-11(2)26/h3-5,8-9H,6-7H2,1-2H3,(H3,20,21)(H,22,24). The van der Waals surface area contributed by atoms with Gasteiger partial charge in [0.05, 0.1) is 23.8 Å². The fourth-order valence-electron chi connectivity index (χ4n) is 2.71. The maximum atomic E-state index is 14.7. The zero-order valence-electron chi connectivity index (χ0n) is 14.9. The fraction of sp³-hybridized carbons (Fsp3) is 0.222. The number of esters is 1.